The molecule has 0 radical (unpaired) electrons. The van der Waals surface area contributed by atoms with Crippen molar-refractivity contribution in [3.63, 3.8) is 0 Å². The van der Waals surface area contributed by atoms with Crippen molar-refractivity contribution in [3.05, 3.63) is 53.7 Å². The molecular formula is C16H14N4S. The molecule has 0 atom stereocenters. The summed E-state index contributed by atoms with van der Waals surface area (Å²) in [7, 11) is 1.98. The number of hydrogen-bond donors (Lipinski definition) is 1. The molecule has 2 aromatic carbocycles. The number of hydrogen-bond acceptors (Lipinski definition) is 4. The quantitative estimate of drug-likeness (QED) is 0.625. The van der Waals surface area contributed by atoms with Gasteiger partial charge in [-0.3, -0.25) is 4.68 Å². The molecule has 0 saturated carbocycles. The van der Waals surface area contributed by atoms with E-state index in [9.17, 15) is 0 Å². The summed E-state index contributed by atoms with van der Waals surface area (Å²) in [5.41, 5.74) is 6.25. The summed E-state index contributed by atoms with van der Waals surface area (Å²) in [6, 6.07) is 14.5. The monoisotopic (exact) mass is 294 g/mol. The third kappa shape index (κ3) is 2.15. The minimum absolute atomic E-state index is 0.714. The number of rotatable bonds is 3. The van der Waals surface area contributed by atoms with Crippen LogP contribution in [-0.4, -0.2) is 14.8 Å². The molecule has 0 fully saturated rings. The molecule has 0 amide bonds. The van der Waals surface area contributed by atoms with E-state index in [4.69, 9.17) is 0 Å². The minimum Gasteiger partial charge on any atom is -0.379 e. The molecule has 2 heterocycles. The van der Waals surface area contributed by atoms with E-state index in [0.29, 0.717) is 6.54 Å². The number of aromatic nitrogens is 3. The Balaban J connectivity index is 1.63. The highest BCUT2D eigenvalue weighted by atomic mass is 32.1. The molecule has 4 nitrogen and oxygen atoms in total. The van der Waals surface area contributed by atoms with Gasteiger partial charge in [-0.2, -0.15) is 5.10 Å². The highest BCUT2D eigenvalue weighted by Crippen LogP contribution is 2.23. The molecule has 5 heteroatoms. The van der Waals surface area contributed by atoms with Crippen LogP contribution in [-0.2, 0) is 13.6 Å². The van der Waals surface area contributed by atoms with Crippen LogP contribution in [0.2, 0.25) is 0 Å². The van der Waals surface area contributed by atoms with Crippen molar-refractivity contribution < 1.29 is 0 Å². The third-order valence-corrected chi connectivity index (χ3v) is 4.42. The highest BCUT2D eigenvalue weighted by Gasteiger charge is 2.07. The molecular weight excluding hydrogens is 280 g/mol. The summed E-state index contributed by atoms with van der Waals surface area (Å²) in [6.07, 6.45) is 0. The Labute approximate surface area is 126 Å². The Morgan fingerprint density at radius 2 is 2.10 bits per heavy atom. The first-order valence-electron chi connectivity index (χ1n) is 6.79. The first-order valence-corrected chi connectivity index (χ1v) is 7.67. The molecule has 0 aliphatic rings. The average Bonchev–Trinajstić information content (AvgIpc) is 3.10. The van der Waals surface area contributed by atoms with E-state index in [-0.39, 0.29) is 0 Å². The second kappa shape index (κ2) is 4.86. The van der Waals surface area contributed by atoms with Crippen LogP contribution in [0.4, 0.5) is 5.69 Å². The lowest BCUT2D eigenvalue weighted by Gasteiger charge is -2.04. The number of nitrogens with zero attached hydrogens (tertiary/aromatic N) is 3. The van der Waals surface area contributed by atoms with E-state index in [1.54, 1.807) is 11.3 Å². The van der Waals surface area contributed by atoms with Crippen LogP contribution in [0.1, 0.15) is 5.69 Å². The lowest BCUT2D eigenvalue weighted by atomic mass is 10.2. The van der Waals surface area contributed by atoms with Gasteiger partial charge in [0.05, 0.1) is 33.5 Å². The summed E-state index contributed by atoms with van der Waals surface area (Å²) >= 11 is 1.66. The van der Waals surface area contributed by atoms with Crippen molar-refractivity contribution in [2.45, 2.75) is 6.54 Å². The van der Waals surface area contributed by atoms with Crippen molar-refractivity contribution in [3.8, 4) is 0 Å². The number of para-hydroxylation sites is 1. The van der Waals surface area contributed by atoms with Gasteiger partial charge in [0.2, 0.25) is 0 Å². The van der Waals surface area contributed by atoms with E-state index in [2.05, 4.69) is 45.7 Å². The third-order valence-electron chi connectivity index (χ3n) is 3.63. The Morgan fingerprint density at radius 3 is 3.05 bits per heavy atom. The summed E-state index contributed by atoms with van der Waals surface area (Å²) < 4.78 is 3.13. The van der Waals surface area contributed by atoms with Crippen molar-refractivity contribution >= 4 is 38.1 Å². The van der Waals surface area contributed by atoms with Gasteiger partial charge in [-0.15, -0.1) is 11.3 Å². The van der Waals surface area contributed by atoms with Gasteiger partial charge in [-0.05, 0) is 24.3 Å². The van der Waals surface area contributed by atoms with Gasteiger partial charge in [-0.1, -0.05) is 18.2 Å². The number of anilines is 1. The molecule has 4 aromatic rings. The molecule has 21 heavy (non-hydrogen) atoms. The maximum absolute atomic E-state index is 4.60. The number of fused-ring (bicyclic) bond motifs is 2. The van der Waals surface area contributed by atoms with Gasteiger partial charge in [0.15, 0.2) is 0 Å². The van der Waals surface area contributed by atoms with Gasteiger partial charge in [-0.25, -0.2) is 4.98 Å². The molecule has 2 aromatic heterocycles. The highest BCUT2D eigenvalue weighted by molar-refractivity contribution is 7.16. The van der Waals surface area contributed by atoms with E-state index < -0.39 is 0 Å². The maximum atomic E-state index is 4.60. The Bertz CT molecular complexity index is 922. The van der Waals surface area contributed by atoms with Gasteiger partial charge in [0.25, 0.3) is 0 Å². The van der Waals surface area contributed by atoms with Crippen molar-refractivity contribution in [1.29, 1.82) is 0 Å². The van der Waals surface area contributed by atoms with E-state index in [0.717, 1.165) is 22.4 Å². The van der Waals surface area contributed by atoms with Crippen LogP contribution < -0.4 is 5.32 Å². The van der Waals surface area contributed by atoms with Gasteiger partial charge in [0.1, 0.15) is 0 Å². The molecule has 0 bridgehead atoms. The molecule has 0 saturated heterocycles. The lowest BCUT2D eigenvalue weighted by molar-refractivity contribution is 0.771. The fourth-order valence-corrected chi connectivity index (χ4v) is 3.29. The lowest BCUT2D eigenvalue weighted by Crippen LogP contribution is -2.01. The van der Waals surface area contributed by atoms with Crippen LogP contribution in [0.25, 0.3) is 21.1 Å². The van der Waals surface area contributed by atoms with E-state index in [1.165, 1.54) is 10.1 Å². The van der Waals surface area contributed by atoms with Gasteiger partial charge < -0.3 is 5.32 Å². The largest absolute Gasteiger partial charge is 0.379 e. The van der Waals surface area contributed by atoms with Gasteiger partial charge >= 0.3 is 0 Å². The summed E-state index contributed by atoms with van der Waals surface area (Å²) in [5.74, 6) is 0. The smallest absolute Gasteiger partial charge is 0.0894 e. The van der Waals surface area contributed by atoms with Gasteiger partial charge in [0, 0.05) is 18.1 Å². The SMILES string of the molecule is Cn1nc(CNc2ccc3ncsc3c2)c2ccccc21. The maximum Gasteiger partial charge on any atom is 0.0894 e. The Morgan fingerprint density at radius 1 is 1.19 bits per heavy atom. The minimum atomic E-state index is 0.714. The van der Waals surface area contributed by atoms with E-state index >= 15 is 0 Å². The van der Waals surface area contributed by atoms with Crippen molar-refractivity contribution in [2.24, 2.45) is 7.05 Å². The fourth-order valence-electron chi connectivity index (χ4n) is 2.57. The predicted octanol–water partition coefficient (Wildman–Crippen LogP) is 3.80. The van der Waals surface area contributed by atoms with Crippen LogP contribution in [0.15, 0.2) is 48.0 Å². The zero-order valence-corrected chi connectivity index (χ0v) is 12.4. The second-order valence-electron chi connectivity index (χ2n) is 4.98. The Kier molecular flexibility index (Phi) is 2.86. The van der Waals surface area contributed by atoms with Crippen molar-refractivity contribution in [2.75, 3.05) is 5.32 Å². The van der Waals surface area contributed by atoms with Crippen LogP contribution in [0.5, 0.6) is 0 Å². The zero-order chi connectivity index (χ0) is 14.2. The number of aryl methyl sites for hydroxylation is 1. The number of thiazole rings is 1. The molecule has 0 unspecified atom stereocenters. The van der Waals surface area contributed by atoms with E-state index in [1.807, 2.05) is 29.4 Å². The number of nitrogens with one attached hydrogen (secondary N) is 1. The molecule has 104 valence electrons. The normalized spacial score (nSPS) is 11.3. The van der Waals surface area contributed by atoms with Crippen LogP contribution in [0, 0.1) is 0 Å². The topological polar surface area (TPSA) is 42.7 Å². The predicted molar refractivity (Wildman–Crippen MR) is 87.7 cm³/mol. The van der Waals surface area contributed by atoms with Crippen LogP contribution >= 0.6 is 11.3 Å². The molecule has 0 aliphatic heterocycles. The first-order chi connectivity index (χ1) is 10.3. The summed E-state index contributed by atoms with van der Waals surface area (Å²) in [6.45, 7) is 0.714. The average molecular weight is 294 g/mol. The standard InChI is InChI=1S/C16H14N4S/c1-20-15-5-3-2-4-12(15)14(19-20)9-17-11-6-7-13-16(8-11)21-10-18-13/h2-8,10,17H,9H2,1H3. The Hall–Kier alpha value is -2.40. The second-order valence-corrected chi connectivity index (χ2v) is 5.86. The number of benzene rings is 2. The molecule has 0 spiro atoms. The zero-order valence-electron chi connectivity index (χ0n) is 11.6. The summed E-state index contributed by atoms with van der Waals surface area (Å²) in [4.78, 5) is 4.30. The van der Waals surface area contributed by atoms with Crippen LogP contribution in [0.3, 0.4) is 0 Å². The van der Waals surface area contributed by atoms with Crippen molar-refractivity contribution in [1.82, 2.24) is 14.8 Å². The molecule has 0 aliphatic carbocycles. The molecule has 4 rings (SSSR count). The molecule has 1 N–H and O–H groups in total. The first kappa shape index (κ1) is 12.3. The summed E-state index contributed by atoms with van der Waals surface area (Å²) in [5, 5.41) is 9.25. The fraction of sp³-hybridized carbons (Fsp3) is 0.125.